The predicted molar refractivity (Wildman–Crippen MR) is 124 cm³/mol. The molecule has 0 spiro atoms. The number of allylic oxidation sites excluding steroid dienone is 1. The Morgan fingerprint density at radius 1 is 1.03 bits per heavy atom. The average Bonchev–Trinajstić information content (AvgIpc) is 3.41. The lowest BCUT2D eigenvalue weighted by atomic mass is 10.1. The largest absolute Gasteiger partial charge is 0.476 e. The van der Waals surface area contributed by atoms with E-state index in [1.807, 2.05) is 84.4 Å². The van der Waals surface area contributed by atoms with Crippen LogP contribution in [0.25, 0.3) is 6.08 Å². The van der Waals surface area contributed by atoms with Gasteiger partial charge in [0.25, 0.3) is 0 Å². The number of oxazole rings is 1. The van der Waals surface area contributed by atoms with Gasteiger partial charge in [0.1, 0.15) is 6.26 Å². The number of hydrogen-bond acceptors (Lipinski definition) is 4. The third-order valence-corrected chi connectivity index (χ3v) is 5.28. The molecule has 2 aromatic carbocycles. The minimum atomic E-state index is -1.22. The number of hydrogen-bond donors (Lipinski definition) is 1. The zero-order valence-corrected chi connectivity index (χ0v) is 18.0. The lowest BCUT2D eigenvalue weighted by molar-refractivity contribution is 0.0684. The minimum absolute atomic E-state index is 0.0322. The summed E-state index contributed by atoms with van der Waals surface area (Å²) in [6, 6.07) is 18.6. The van der Waals surface area contributed by atoms with Crippen molar-refractivity contribution in [3.05, 3.63) is 123 Å². The first kappa shape index (κ1) is 21.8. The Morgan fingerprint density at radius 2 is 1.82 bits per heavy atom. The number of rotatable bonds is 8. The van der Waals surface area contributed by atoms with Gasteiger partial charge in [0, 0.05) is 18.3 Å². The van der Waals surface area contributed by atoms with Gasteiger partial charge in [-0.05, 0) is 36.2 Å². The SMILES string of the molecule is Cc1ccc(C(=O)c2cccn2C/C=C/c2cccc(Cn3c(C(=O)O)coc3=O)c2)cc1. The van der Waals surface area contributed by atoms with Crippen LogP contribution >= 0.6 is 0 Å². The van der Waals surface area contributed by atoms with Gasteiger partial charge >= 0.3 is 11.7 Å². The Labute approximate surface area is 189 Å². The van der Waals surface area contributed by atoms with Crippen LogP contribution in [0.15, 0.2) is 88.4 Å². The van der Waals surface area contributed by atoms with Crippen LogP contribution in [0.3, 0.4) is 0 Å². The van der Waals surface area contributed by atoms with Gasteiger partial charge in [-0.25, -0.2) is 9.59 Å². The summed E-state index contributed by atoms with van der Waals surface area (Å²) in [6.07, 6.45) is 6.67. The molecule has 0 aliphatic carbocycles. The lowest BCUT2D eigenvalue weighted by Gasteiger charge is -2.07. The molecule has 0 amide bonds. The molecular formula is C26H22N2O5. The first-order valence-electron chi connectivity index (χ1n) is 10.4. The number of carbonyl (C=O) groups is 2. The molecule has 0 aliphatic heterocycles. The zero-order chi connectivity index (χ0) is 23.4. The first-order valence-corrected chi connectivity index (χ1v) is 10.4. The predicted octanol–water partition coefficient (Wildman–Crippen LogP) is 4.24. The van der Waals surface area contributed by atoms with Crippen LogP contribution in [0.4, 0.5) is 0 Å². The molecule has 7 heteroatoms. The Morgan fingerprint density at radius 3 is 2.58 bits per heavy atom. The van der Waals surface area contributed by atoms with Crippen LogP contribution < -0.4 is 5.76 Å². The fourth-order valence-corrected chi connectivity index (χ4v) is 3.56. The summed E-state index contributed by atoms with van der Waals surface area (Å²) in [7, 11) is 0. The average molecular weight is 442 g/mol. The summed E-state index contributed by atoms with van der Waals surface area (Å²) >= 11 is 0. The number of aromatic carboxylic acids is 1. The van der Waals surface area contributed by atoms with E-state index in [0.717, 1.165) is 27.5 Å². The van der Waals surface area contributed by atoms with Crippen LogP contribution in [0, 0.1) is 6.92 Å². The van der Waals surface area contributed by atoms with E-state index in [-0.39, 0.29) is 18.0 Å². The van der Waals surface area contributed by atoms with Crippen molar-refractivity contribution in [2.75, 3.05) is 0 Å². The molecule has 1 N–H and O–H groups in total. The molecule has 4 aromatic rings. The van der Waals surface area contributed by atoms with Crippen LogP contribution in [0.2, 0.25) is 0 Å². The maximum absolute atomic E-state index is 12.8. The van der Waals surface area contributed by atoms with Gasteiger partial charge < -0.3 is 14.1 Å². The van der Waals surface area contributed by atoms with E-state index < -0.39 is 11.7 Å². The quantitative estimate of drug-likeness (QED) is 0.412. The number of benzene rings is 2. The lowest BCUT2D eigenvalue weighted by Crippen LogP contribution is -2.20. The summed E-state index contributed by atoms with van der Waals surface area (Å²) in [5, 5.41) is 9.21. The molecule has 166 valence electrons. The fourth-order valence-electron chi connectivity index (χ4n) is 3.56. The standard InChI is InChI=1S/C26H22N2O5/c1-18-9-11-21(12-10-18)24(29)22-8-4-14-27(22)13-3-7-19-5-2-6-20(15-19)16-28-23(25(30)31)17-33-26(28)32/h2-12,14-15,17H,13,16H2,1H3,(H,30,31)/b7-3+. The van der Waals surface area contributed by atoms with E-state index in [2.05, 4.69) is 0 Å². The molecule has 0 atom stereocenters. The summed E-state index contributed by atoms with van der Waals surface area (Å²) in [5.74, 6) is -1.97. The van der Waals surface area contributed by atoms with Crippen LogP contribution in [-0.4, -0.2) is 26.0 Å². The van der Waals surface area contributed by atoms with Gasteiger partial charge in [-0.1, -0.05) is 60.2 Å². The Kier molecular flexibility index (Phi) is 6.22. The maximum atomic E-state index is 12.8. The van der Waals surface area contributed by atoms with Gasteiger partial charge in [0.05, 0.1) is 12.2 Å². The van der Waals surface area contributed by atoms with Crippen molar-refractivity contribution in [3.63, 3.8) is 0 Å². The first-order chi connectivity index (χ1) is 15.9. The highest BCUT2D eigenvalue weighted by atomic mass is 16.4. The number of aryl methyl sites for hydroxylation is 1. The molecule has 2 heterocycles. The molecular weight excluding hydrogens is 420 g/mol. The molecule has 0 bridgehead atoms. The van der Waals surface area contributed by atoms with E-state index in [4.69, 9.17) is 4.42 Å². The highest BCUT2D eigenvalue weighted by molar-refractivity contribution is 6.08. The number of nitrogens with zero attached hydrogens (tertiary/aromatic N) is 2. The van der Waals surface area contributed by atoms with Crippen molar-refractivity contribution < 1.29 is 19.1 Å². The number of carbonyl (C=O) groups excluding carboxylic acids is 1. The van der Waals surface area contributed by atoms with Crippen LogP contribution in [-0.2, 0) is 13.1 Å². The van der Waals surface area contributed by atoms with E-state index in [1.165, 1.54) is 0 Å². The fraction of sp³-hybridized carbons (Fsp3) is 0.115. The molecule has 4 rings (SSSR count). The molecule has 7 nitrogen and oxygen atoms in total. The Bertz CT molecular complexity index is 1390. The molecule has 0 saturated carbocycles. The third-order valence-electron chi connectivity index (χ3n) is 5.28. The number of carboxylic acid groups (broad SMARTS) is 1. The number of ketones is 1. The van der Waals surface area contributed by atoms with E-state index >= 15 is 0 Å². The molecule has 0 unspecified atom stereocenters. The van der Waals surface area contributed by atoms with Gasteiger partial charge in [-0.2, -0.15) is 0 Å². The topological polar surface area (TPSA) is 94.4 Å². The molecule has 2 aromatic heterocycles. The third kappa shape index (κ3) is 4.93. The van der Waals surface area contributed by atoms with Gasteiger partial charge in [-0.3, -0.25) is 9.36 Å². The highest BCUT2D eigenvalue weighted by Gasteiger charge is 2.15. The van der Waals surface area contributed by atoms with Gasteiger partial charge in [0.15, 0.2) is 5.69 Å². The van der Waals surface area contributed by atoms with Crippen molar-refractivity contribution in [1.29, 1.82) is 0 Å². The minimum Gasteiger partial charge on any atom is -0.476 e. The maximum Gasteiger partial charge on any atom is 0.419 e. The normalized spacial score (nSPS) is 11.2. The Balaban J connectivity index is 1.47. The number of aromatic nitrogens is 2. The monoisotopic (exact) mass is 442 g/mol. The van der Waals surface area contributed by atoms with Crippen molar-refractivity contribution in [2.24, 2.45) is 0 Å². The summed E-state index contributed by atoms with van der Waals surface area (Å²) in [5.41, 5.74) is 3.81. The smallest absolute Gasteiger partial charge is 0.419 e. The molecule has 0 aliphatic rings. The zero-order valence-electron chi connectivity index (χ0n) is 18.0. The van der Waals surface area contributed by atoms with E-state index in [0.29, 0.717) is 17.8 Å². The van der Waals surface area contributed by atoms with Crippen LogP contribution in [0.5, 0.6) is 0 Å². The second kappa shape index (κ2) is 9.40. The summed E-state index contributed by atoms with van der Waals surface area (Å²) < 4.78 is 7.68. The number of carboxylic acids is 1. The molecule has 0 fully saturated rings. The Hall–Kier alpha value is -4.39. The second-order valence-corrected chi connectivity index (χ2v) is 7.67. The van der Waals surface area contributed by atoms with Crippen molar-refractivity contribution >= 4 is 17.8 Å². The molecule has 0 radical (unpaired) electrons. The molecule has 0 saturated heterocycles. The summed E-state index contributed by atoms with van der Waals surface area (Å²) in [4.78, 5) is 36.0. The van der Waals surface area contributed by atoms with Gasteiger partial charge in [-0.15, -0.1) is 0 Å². The van der Waals surface area contributed by atoms with Crippen molar-refractivity contribution in [1.82, 2.24) is 9.13 Å². The summed E-state index contributed by atoms with van der Waals surface area (Å²) in [6.45, 7) is 2.58. The van der Waals surface area contributed by atoms with E-state index in [9.17, 15) is 19.5 Å². The second-order valence-electron chi connectivity index (χ2n) is 7.67. The van der Waals surface area contributed by atoms with Crippen molar-refractivity contribution in [3.8, 4) is 0 Å². The van der Waals surface area contributed by atoms with Crippen molar-refractivity contribution in [2.45, 2.75) is 20.0 Å². The van der Waals surface area contributed by atoms with E-state index in [1.54, 1.807) is 6.07 Å². The van der Waals surface area contributed by atoms with Crippen LogP contribution in [0.1, 0.15) is 43.2 Å². The molecule has 33 heavy (non-hydrogen) atoms. The highest BCUT2D eigenvalue weighted by Crippen LogP contribution is 2.14. The van der Waals surface area contributed by atoms with Gasteiger partial charge in [0.2, 0.25) is 5.78 Å².